The van der Waals surface area contributed by atoms with Crippen molar-refractivity contribution in [1.82, 2.24) is 18.8 Å². The van der Waals surface area contributed by atoms with Gasteiger partial charge < -0.3 is 9.32 Å². The van der Waals surface area contributed by atoms with Crippen LogP contribution in [-0.4, -0.2) is 66.5 Å². The van der Waals surface area contributed by atoms with E-state index < -0.39 is 10.2 Å². The average molecular weight is 341 g/mol. The molecule has 0 aromatic carbocycles. The van der Waals surface area contributed by atoms with Crippen LogP contribution in [0.5, 0.6) is 0 Å². The summed E-state index contributed by atoms with van der Waals surface area (Å²) in [5.41, 5.74) is 0. The van der Waals surface area contributed by atoms with Crippen molar-refractivity contribution in [1.29, 1.82) is 0 Å². The molecule has 1 aromatic rings. The minimum absolute atomic E-state index is 0.424. The number of rotatable bonds is 4. The quantitative estimate of drug-likeness (QED) is 0.805. The van der Waals surface area contributed by atoms with Crippen LogP contribution >= 0.6 is 0 Å². The minimum Gasteiger partial charge on any atom is -0.408 e. The summed E-state index contributed by atoms with van der Waals surface area (Å²) in [4.78, 5) is 1.99. The van der Waals surface area contributed by atoms with Crippen molar-refractivity contribution in [2.45, 2.75) is 38.0 Å². The predicted octanol–water partition coefficient (Wildman–Crippen LogP) is 0.800. The largest absolute Gasteiger partial charge is 0.408 e. The first-order valence-corrected chi connectivity index (χ1v) is 9.88. The molecular weight excluding hydrogens is 318 g/mol. The highest BCUT2D eigenvalue weighted by Gasteiger charge is 2.35. The van der Waals surface area contributed by atoms with Gasteiger partial charge in [-0.1, -0.05) is 11.5 Å². The molecule has 3 heterocycles. The zero-order chi connectivity index (χ0) is 15.9. The van der Waals surface area contributed by atoms with Gasteiger partial charge in [-0.25, -0.2) is 0 Å². The fraction of sp³-hybridized carbons (Fsp3) is 0.857. The van der Waals surface area contributed by atoms with Gasteiger partial charge in [-0.2, -0.15) is 17.0 Å². The second-order valence-electron chi connectivity index (χ2n) is 6.55. The molecule has 128 valence electrons. The van der Waals surface area contributed by atoms with Crippen LogP contribution in [0.1, 0.15) is 43.9 Å². The van der Waals surface area contributed by atoms with Crippen LogP contribution < -0.4 is 4.90 Å². The van der Waals surface area contributed by atoms with E-state index >= 15 is 0 Å². The summed E-state index contributed by atoms with van der Waals surface area (Å²) in [6.07, 6.45) is 5.42. The molecule has 4 rings (SSSR count). The van der Waals surface area contributed by atoms with Gasteiger partial charge >= 0.3 is 6.01 Å². The van der Waals surface area contributed by atoms with Gasteiger partial charge in [0, 0.05) is 45.2 Å². The van der Waals surface area contributed by atoms with Gasteiger partial charge in [-0.15, -0.1) is 5.10 Å². The fourth-order valence-electron chi connectivity index (χ4n) is 3.37. The molecule has 0 spiro atoms. The normalized spacial score (nSPS) is 25.0. The lowest BCUT2D eigenvalue weighted by Gasteiger charge is -2.34. The first kappa shape index (κ1) is 15.3. The Bertz CT molecular complexity index is 643. The molecule has 0 amide bonds. The summed E-state index contributed by atoms with van der Waals surface area (Å²) >= 11 is 0. The third kappa shape index (κ3) is 2.85. The monoisotopic (exact) mass is 341 g/mol. The summed E-state index contributed by atoms with van der Waals surface area (Å²) in [5, 5.41) is 8.28. The molecule has 8 nitrogen and oxygen atoms in total. The lowest BCUT2D eigenvalue weighted by molar-refractivity contribution is 0.319. The first-order chi connectivity index (χ1) is 11.1. The summed E-state index contributed by atoms with van der Waals surface area (Å²) in [6, 6.07) is 0.533. The Morgan fingerprint density at radius 2 is 1.52 bits per heavy atom. The van der Waals surface area contributed by atoms with Crippen LogP contribution in [0.15, 0.2) is 4.42 Å². The van der Waals surface area contributed by atoms with Gasteiger partial charge in [0.25, 0.3) is 10.2 Å². The van der Waals surface area contributed by atoms with Crippen molar-refractivity contribution in [2.24, 2.45) is 0 Å². The maximum absolute atomic E-state index is 12.6. The van der Waals surface area contributed by atoms with Crippen LogP contribution in [0.2, 0.25) is 0 Å². The molecule has 0 unspecified atom stereocenters. The molecule has 0 bridgehead atoms. The topological polar surface area (TPSA) is 82.8 Å². The van der Waals surface area contributed by atoms with E-state index in [9.17, 15) is 8.42 Å². The standard InChI is InChI=1S/C14H23N5O3S/c20-23(21,18-6-1-2-7-18)19-10-8-17(9-11-19)14-16-15-13(22-14)12-4-3-5-12/h12H,1-11H2. The molecule has 2 aliphatic heterocycles. The van der Waals surface area contributed by atoms with Gasteiger partial charge in [-0.05, 0) is 25.7 Å². The molecule has 3 fully saturated rings. The van der Waals surface area contributed by atoms with Crippen LogP contribution in [-0.2, 0) is 10.2 Å². The highest BCUT2D eigenvalue weighted by Crippen LogP contribution is 2.36. The van der Waals surface area contributed by atoms with Crippen LogP contribution in [0, 0.1) is 0 Å². The molecule has 9 heteroatoms. The molecule has 0 radical (unpaired) electrons. The zero-order valence-corrected chi connectivity index (χ0v) is 14.0. The number of piperazine rings is 1. The highest BCUT2D eigenvalue weighted by molar-refractivity contribution is 7.86. The Morgan fingerprint density at radius 3 is 2.13 bits per heavy atom. The lowest BCUT2D eigenvalue weighted by Crippen LogP contribution is -2.52. The maximum Gasteiger partial charge on any atom is 0.318 e. The molecule has 0 N–H and O–H groups in total. The van der Waals surface area contributed by atoms with Crippen molar-refractivity contribution in [3.63, 3.8) is 0 Å². The van der Waals surface area contributed by atoms with Crippen LogP contribution in [0.4, 0.5) is 6.01 Å². The number of hydrogen-bond acceptors (Lipinski definition) is 6. The zero-order valence-electron chi connectivity index (χ0n) is 13.2. The predicted molar refractivity (Wildman–Crippen MR) is 84.4 cm³/mol. The Balaban J connectivity index is 1.37. The minimum atomic E-state index is -3.30. The molecule has 1 saturated carbocycles. The van der Waals surface area contributed by atoms with E-state index in [1.807, 2.05) is 4.90 Å². The van der Waals surface area contributed by atoms with E-state index in [2.05, 4.69) is 10.2 Å². The Kier molecular flexibility index (Phi) is 4.02. The lowest BCUT2D eigenvalue weighted by atomic mass is 9.85. The fourth-order valence-corrected chi connectivity index (χ4v) is 5.04. The third-order valence-corrected chi connectivity index (χ3v) is 7.15. The van der Waals surface area contributed by atoms with E-state index in [1.165, 1.54) is 6.42 Å². The van der Waals surface area contributed by atoms with Gasteiger partial charge in [0.05, 0.1) is 0 Å². The second-order valence-corrected chi connectivity index (χ2v) is 8.48. The van der Waals surface area contributed by atoms with E-state index in [0.717, 1.165) is 31.6 Å². The van der Waals surface area contributed by atoms with Gasteiger partial charge in [0.15, 0.2) is 0 Å². The van der Waals surface area contributed by atoms with Crippen molar-refractivity contribution < 1.29 is 12.8 Å². The molecule has 1 aliphatic carbocycles. The van der Waals surface area contributed by atoms with Crippen molar-refractivity contribution in [3.05, 3.63) is 5.89 Å². The Morgan fingerprint density at radius 1 is 0.870 bits per heavy atom. The van der Waals surface area contributed by atoms with Gasteiger partial charge in [0.2, 0.25) is 5.89 Å². The molecule has 23 heavy (non-hydrogen) atoms. The van der Waals surface area contributed by atoms with Crippen LogP contribution in [0.3, 0.4) is 0 Å². The van der Waals surface area contributed by atoms with E-state index in [-0.39, 0.29) is 0 Å². The first-order valence-electron chi connectivity index (χ1n) is 8.48. The number of aromatic nitrogens is 2. The van der Waals surface area contributed by atoms with E-state index in [0.29, 0.717) is 51.2 Å². The smallest absolute Gasteiger partial charge is 0.318 e. The van der Waals surface area contributed by atoms with Crippen molar-refractivity contribution >= 4 is 16.2 Å². The number of hydrogen-bond donors (Lipinski definition) is 0. The molecule has 1 aromatic heterocycles. The van der Waals surface area contributed by atoms with Crippen LogP contribution in [0.25, 0.3) is 0 Å². The second kappa shape index (κ2) is 6.03. The average Bonchev–Trinajstić information content (AvgIpc) is 3.17. The summed E-state index contributed by atoms with van der Waals surface area (Å²) in [5.74, 6) is 1.16. The number of anilines is 1. The summed E-state index contributed by atoms with van der Waals surface area (Å²) in [7, 11) is -3.30. The van der Waals surface area contributed by atoms with E-state index in [1.54, 1.807) is 8.61 Å². The van der Waals surface area contributed by atoms with Crippen molar-refractivity contribution in [3.8, 4) is 0 Å². The summed E-state index contributed by atoms with van der Waals surface area (Å²) in [6.45, 7) is 3.44. The Labute approximate surface area is 136 Å². The number of nitrogens with zero attached hydrogens (tertiary/aromatic N) is 5. The third-order valence-electron chi connectivity index (χ3n) is 5.11. The van der Waals surface area contributed by atoms with Gasteiger partial charge in [-0.3, -0.25) is 0 Å². The highest BCUT2D eigenvalue weighted by atomic mass is 32.2. The van der Waals surface area contributed by atoms with E-state index in [4.69, 9.17) is 4.42 Å². The van der Waals surface area contributed by atoms with Gasteiger partial charge in [0.1, 0.15) is 0 Å². The summed E-state index contributed by atoms with van der Waals surface area (Å²) < 4.78 is 34.1. The molecular formula is C14H23N5O3S. The molecule has 2 saturated heterocycles. The maximum atomic E-state index is 12.6. The molecule has 0 atom stereocenters. The van der Waals surface area contributed by atoms with Crippen molar-refractivity contribution in [2.75, 3.05) is 44.2 Å². The SMILES string of the molecule is O=S(=O)(N1CCCC1)N1CCN(c2nnc(C3CCC3)o2)CC1. The Hall–Kier alpha value is -1.19. The molecule has 3 aliphatic rings.